The SMILES string of the molecule is CN(C)CCCn1c(=O)c2ccc(NCCCN(C)CCCN3C(=O)c4cccc5cccc(c45)C3=O)c3c(=O)c4ccccc4n(c1=O)c23.Cl.Cl. The third kappa shape index (κ3) is 6.77. The van der Waals surface area contributed by atoms with E-state index in [4.69, 9.17) is 0 Å². The number of carbonyl (C=O) groups excluding carboxylic acids is 2. The highest BCUT2D eigenvalue weighted by Crippen LogP contribution is 2.30. The Morgan fingerprint density at radius 1 is 0.654 bits per heavy atom. The summed E-state index contributed by atoms with van der Waals surface area (Å²) in [5.74, 6) is -0.507. The number of benzene rings is 4. The Morgan fingerprint density at radius 2 is 1.31 bits per heavy atom. The number of aromatic nitrogens is 2. The molecule has 6 aromatic rings. The molecule has 3 heterocycles. The van der Waals surface area contributed by atoms with Gasteiger partial charge in [-0.25, -0.2) is 4.79 Å². The maximum Gasteiger partial charge on any atom is 0.336 e. The van der Waals surface area contributed by atoms with Crippen molar-refractivity contribution < 1.29 is 9.59 Å². The molecule has 272 valence electrons. The zero-order chi connectivity index (χ0) is 35.1. The van der Waals surface area contributed by atoms with Crippen LogP contribution in [0.4, 0.5) is 5.69 Å². The van der Waals surface area contributed by atoms with Crippen LogP contribution < -0.4 is 22.0 Å². The number of hydrogen-bond donors (Lipinski definition) is 1. The van der Waals surface area contributed by atoms with E-state index in [1.807, 2.05) is 50.3 Å². The van der Waals surface area contributed by atoms with Gasteiger partial charge in [-0.1, -0.05) is 36.4 Å². The Labute approximate surface area is 312 Å². The number of amides is 2. The third-order valence-electron chi connectivity index (χ3n) is 9.71. The summed E-state index contributed by atoms with van der Waals surface area (Å²) in [5.41, 5.74) is 1.46. The van der Waals surface area contributed by atoms with Crippen molar-refractivity contribution in [2.75, 3.05) is 59.2 Å². The van der Waals surface area contributed by atoms with Crippen molar-refractivity contribution in [2.45, 2.75) is 25.8 Å². The lowest BCUT2D eigenvalue weighted by Crippen LogP contribution is -2.41. The Kier molecular flexibility index (Phi) is 11.7. The number of rotatable bonds is 13. The van der Waals surface area contributed by atoms with Crippen LogP contribution in [0.3, 0.4) is 0 Å². The molecule has 2 amide bonds. The van der Waals surface area contributed by atoms with Crippen molar-refractivity contribution in [1.29, 1.82) is 0 Å². The average Bonchev–Trinajstić information content (AvgIpc) is 3.11. The Hall–Kier alpha value is -4.81. The second-order valence-electron chi connectivity index (χ2n) is 13.4. The first kappa shape index (κ1) is 38.4. The van der Waals surface area contributed by atoms with E-state index in [0.29, 0.717) is 76.5 Å². The van der Waals surface area contributed by atoms with Crippen molar-refractivity contribution in [3.05, 3.63) is 115 Å². The van der Waals surface area contributed by atoms with Crippen molar-refractivity contribution in [2.24, 2.45) is 0 Å². The number of halogens is 2. The van der Waals surface area contributed by atoms with Gasteiger partial charge in [0, 0.05) is 47.2 Å². The molecule has 2 aromatic heterocycles. The van der Waals surface area contributed by atoms with Crippen LogP contribution in [0.25, 0.3) is 38.0 Å². The van der Waals surface area contributed by atoms with Crippen molar-refractivity contribution in [1.82, 2.24) is 23.7 Å². The fourth-order valence-electron chi connectivity index (χ4n) is 7.25. The third-order valence-corrected chi connectivity index (χ3v) is 9.71. The number of carbonyl (C=O) groups is 2. The summed E-state index contributed by atoms with van der Waals surface area (Å²) in [6.45, 7) is 3.30. The van der Waals surface area contributed by atoms with Gasteiger partial charge in [0.1, 0.15) is 0 Å². The molecule has 0 saturated carbocycles. The number of para-hydroxylation sites is 1. The predicted molar refractivity (Wildman–Crippen MR) is 213 cm³/mol. The number of fused-ring (bicyclic) bond motifs is 2. The molecule has 1 aliphatic rings. The lowest BCUT2D eigenvalue weighted by Gasteiger charge is -2.28. The van der Waals surface area contributed by atoms with Gasteiger partial charge in [-0.2, -0.15) is 0 Å². The molecule has 0 spiro atoms. The fraction of sp³-hybridized carbons (Fsp3) is 0.308. The van der Waals surface area contributed by atoms with Gasteiger partial charge in [0.2, 0.25) is 0 Å². The molecule has 0 bridgehead atoms. The van der Waals surface area contributed by atoms with Crippen LogP contribution in [-0.4, -0.2) is 89.3 Å². The van der Waals surface area contributed by atoms with E-state index >= 15 is 0 Å². The lowest BCUT2D eigenvalue weighted by molar-refractivity contribution is 0.0605. The number of nitrogens with one attached hydrogen (secondary N) is 1. The number of nitrogens with zero attached hydrogens (tertiary/aromatic N) is 5. The van der Waals surface area contributed by atoms with Crippen LogP contribution in [0.5, 0.6) is 0 Å². The lowest BCUT2D eigenvalue weighted by atomic mass is 9.94. The monoisotopic (exact) mass is 744 g/mol. The Bertz CT molecular complexity index is 2430. The normalized spacial score (nSPS) is 12.8. The first-order chi connectivity index (χ1) is 24.2. The average molecular weight is 746 g/mol. The predicted octanol–water partition coefficient (Wildman–Crippen LogP) is 4.93. The largest absolute Gasteiger partial charge is 0.384 e. The molecule has 0 saturated heterocycles. The molecule has 13 heteroatoms. The highest BCUT2D eigenvalue weighted by atomic mass is 35.5. The smallest absolute Gasteiger partial charge is 0.336 e. The number of pyridine rings is 1. The standard InChI is InChI=1S/C39H40N6O5.2ClH/c1-41(2)20-9-24-44-38(49)29-17-18-30(33-34(29)45(39(44)50)31-16-5-4-13-26(31)35(33)46)40-19-8-21-42(3)22-10-23-43-36(47)27-14-6-11-25-12-7-15-28(32(25)27)37(43)48;;/h4-7,11-18,40H,8-10,19-24H2,1-3H3;2*1H. The molecule has 0 fully saturated rings. The fourth-order valence-corrected chi connectivity index (χ4v) is 7.25. The molecule has 11 nitrogen and oxygen atoms in total. The van der Waals surface area contributed by atoms with Crippen LogP contribution in [0.2, 0.25) is 0 Å². The van der Waals surface area contributed by atoms with Crippen LogP contribution in [-0.2, 0) is 6.54 Å². The maximum atomic E-state index is 13.9. The van der Waals surface area contributed by atoms with Crippen LogP contribution >= 0.6 is 24.8 Å². The topological polar surface area (TPSA) is 116 Å². The zero-order valence-electron chi connectivity index (χ0n) is 29.4. The molecule has 0 atom stereocenters. The second-order valence-corrected chi connectivity index (χ2v) is 13.4. The summed E-state index contributed by atoms with van der Waals surface area (Å²) in [7, 11) is 5.89. The van der Waals surface area contributed by atoms with E-state index in [1.165, 1.54) is 13.9 Å². The van der Waals surface area contributed by atoms with E-state index in [-0.39, 0.29) is 48.6 Å². The summed E-state index contributed by atoms with van der Waals surface area (Å²) >= 11 is 0. The second kappa shape index (κ2) is 15.8. The highest BCUT2D eigenvalue weighted by Gasteiger charge is 2.32. The van der Waals surface area contributed by atoms with Gasteiger partial charge in [-0.05, 0) is 102 Å². The number of imide groups is 1. The number of hydrogen-bond acceptors (Lipinski definition) is 8. The summed E-state index contributed by atoms with van der Waals surface area (Å²) in [6, 6.07) is 21.6. The molecule has 7 rings (SSSR count). The quantitative estimate of drug-likeness (QED) is 0.0766. The van der Waals surface area contributed by atoms with Gasteiger partial charge in [0.25, 0.3) is 17.4 Å². The molecule has 0 unspecified atom stereocenters. The van der Waals surface area contributed by atoms with E-state index < -0.39 is 11.2 Å². The minimum absolute atomic E-state index is 0. The summed E-state index contributed by atoms with van der Waals surface area (Å²) < 4.78 is 2.80. The van der Waals surface area contributed by atoms with E-state index in [2.05, 4.69) is 10.2 Å². The van der Waals surface area contributed by atoms with E-state index in [1.54, 1.807) is 48.5 Å². The van der Waals surface area contributed by atoms with Gasteiger partial charge >= 0.3 is 5.69 Å². The van der Waals surface area contributed by atoms with E-state index in [0.717, 1.165) is 30.3 Å². The van der Waals surface area contributed by atoms with Gasteiger partial charge < -0.3 is 15.1 Å². The van der Waals surface area contributed by atoms with Crippen molar-refractivity contribution in [3.63, 3.8) is 0 Å². The molecule has 1 N–H and O–H groups in total. The summed E-state index contributed by atoms with van der Waals surface area (Å²) in [4.78, 5) is 73.3. The van der Waals surface area contributed by atoms with Gasteiger partial charge in [-0.3, -0.25) is 33.0 Å². The Morgan fingerprint density at radius 3 is 2.00 bits per heavy atom. The first-order valence-corrected chi connectivity index (χ1v) is 17.1. The first-order valence-electron chi connectivity index (χ1n) is 17.1. The molecule has 1 aliphatic heterocycles. The molecular formula is C39H42Cl2N6O5. The molecular weight excluding hydrogens is 703 g/mol. The van der Waals surface area contributed by atoms with Gasteiger partial charge in [0.15, 0.2) is 5.43 Å². The maximum absolute atomic E-state index is 13.9. The van der Waals surface area contributed by atoms with Crippen molar-refractivity contribution in [3.8, 4) is 0 Å². The summed E-state index contributed by atoms with van der Waals surface area (Å²) in [6.07, 6.45) is 2.01. The van der Waals surface area contributed by atoms with E-state index in [9.17, 15) is 24.0 Å². The summed E-state index contributed by atoms with van der Waals surface area (Å²) in [5, 5.41) is 6.10. The van der Waals surface area contributed by atoms with Crippen molar-refractivity contribution >= 4 is 80.3 Å². The zero-order valence-corrected chi connectivity index (χ0v) is 31.0. The molecule has 4 aromatic carbocycles. The minimum atomic E-state index is -0.449. The van der Waals surface area contributed by atoms with Crippen LogP contribution in [0, 0.1) is 0 Å². The molecule has 0 aliphatic carbocycles. The Balaban J connectivity index is 0.00000261. The molecule has 0 radical (unpaired) electrons. The highest BCUT2D eigenvalue weighted by molar-refractivity contribution is 6.25. The van der Waals surface area contributed by atoms with Gasteiger partial charge in [0.05, 0.1) is 21.8 Å². The molecule has 52 heavy (non-hydrogen) atoms. The van der Waals surface area contributed by atoms with Crippen LogP contribution in [0.15, 0.2) is 87.2 Å². The number of anilines is 1. The van der Waals surface area contributed by atoms with Gasteiger partial charge in [-0.15, -0.1) is 24.8 Å². The van der Waals surface area contributed by atoms with Crippen LogP contribution in [0.1, 0.15) is 40.0 Å². The minimum Gasteiger partial charge on any atom is -0.384 e.